The lowest BCUT2D eigenvalue weighted by molar-refractivity contribution is -0.128. The summed E-state index contributed by atoms with van der Waals surface area (Å²) >= 11 is 1.61. The van der Waals surface area contributed by atoms with Gasteiger partial charge in [-0.05, 0) is 36.1 Å². The van der Waals surface area contributed by atoms with E-state index in [1.165, 1.54) is 0 Å². The molecule has 1 unspecified atom stereocenters. The van der Waals surface area contributed by atoms with Crippen LogP contribution < -0.4 is 10.6 Å². The van der Waals surface area contributed by atoms with Gasteiger partial charge in [0.25, 0.3) is 0 Å². The molecule has 6 heteroatoms. The summed E-state index contributed by atoms with van der Waals surface area (Å²) in [4.78, 5) is 29.6. The van der Waals surface area contributed by atoms with Crippen molar-refractivity contribution < 1.29 is 9.59 Å². The summed E-state index contributed by atoms with van der Waals surface area (Å²) in [6.07, 6.45) is 4.31. The molecule has 146 valence electrons. The lowest BCUT2D eigenvalue weighted by atomic mass is 10.0. The summed E-state index contributed by atoms with van der Waals surface area (Å²) < 4.78 is 0. The van der Waals surface area contributed by atoms with Gasteiger partial charge in [-0.25, -0.2) is 0 Å². The molecular weight excluding hydrogens is 370 g/mol. The molecule has 1 aromatic heterocycles. The van der Waals surface area contributed by atoms with Gasteiger partial charge in [0.15, 0.2) is 0 Å². The van der Waals surface area contributed by atoms with E-state index in [9.17, 15) is 9.59 Å². The third kappa shape index (κ3) is 4.75. The highest BCUT2D eigenvalue weighted by Gasteiger charge is 2.24. The van der Waals surface area contributed by atoms with Gasteiger partial charge in [-0.2, -0.15) is 0 Å². The van der Waals surface area contributed by atoms with E-state index < -0.39 is 6.04 Å². The number of hydrogen-bond donors (Lipinski definition) is 3. The Kier molecular flexibility index (Phi) is 6.41. The number of nitrogens with one attached hydrogen (secondary N) is 3. The molecule has 3 rings (SSSR count). The zero-order valence-corrected chi connectivity index (χ0v) is 17.1. The molecular formula is C22H25N3O2S. The number of anilines is 1. The van der Waals surface area contributed by atoms with E-state index in [1.807, 2.05) is 74.8 Å². The Morgan fingerprint density at radius 2 is 1.86 bits per heavy atom. The predicted octanol–water partition coefficient (Wildman–Crippen LogP) is 4.21. The quantitative estimate of drug-likeness (QED) is 0.525. The fourth-order valence-electron chi connectivity index (χ4n) is 3.00. The van der Waals surface area contributed by atoms with Crippen LogP contribution in [0.1, 0.15) is 19.4 Å². The van der Waals surface area contributed by atoms with Crippen molar-refractivity contribution in [2.75, 3.05) is 11.6 Å². The Labute approximate surface area is 169 Å². The van der Waals surface area contributed by atoms with E-state index >= 15 is 0 Å². The molecule has 0 bridgehead atoms. The number of aromatic nitrogens is 1. The molecule has 0 radical (unpaired) electrons. The lowest BCUT2D eigenvalue weighted by Crippen LogP contribution is -2.46. The van der Waals surface area contributed by atoms with Crippen LogP contribution >= 0.6 is 11.8 Å². The van der Waals surface area contributed by atoms with Crippen molar-refractivity contribution in [3.63, 3.8) is 0 Å². The standard InChI is InChI=1S/C22H25N3O2S/c1-14(2)21(26)25-20(11-15-13-23-19-10-5-4-9-18(15)19)22(27)24-16-7-6-8-17(12-16)28-3/h4-10,12-14,20,23H,11H2,1-3H3,(H,24,27)(H,25,26). The number of para-hydroxylation sites is 1. The van der Waals surface area contributed by atoms with Crippen LogP contribution in [0.5, 0.6) is 0 Å². The fraction of sp³-hybridized carbons (Fsp3) is 0.273. The SMILES string of the molecule is CSc1cccc(NC(=O)C(Cc2c[nH]c3ccccc23)NC(=O)C(C)C)c1. The van der Waals surface area contributed by atoms with E-state index in [-0.39, 0.29) is 17.7 Å². The zero-order chi connectivity index (χ0) is 20.1. The highest BCUT2D eigenvalue weighted by atomic mass is 32.2. The molecule has 5 nitrogen and oxygen atoms in total. The largest absolute Gasteiger partial charge is 0.361 e. The molecule has 0 saturated heterocycles. The van der Waals surface area contributed by atoms with Crippen molar-refractivity contribution in [2.45, 2.75) is 31.2 Å². The molecule has 0 aliphatic carbocycles. The molecule has 0 spiro atoms. The number of hydrogen-bond acceptors (Lipinski definition) is 3. The van der Waals surface area contributed by atoms with Gasteiger partial charge in [-0.15, -0.1) is 11.8 Å². The highest BCUT2D eigenvalue weighted by molar-refractivity contribution is 7.98. The van der Waals surface area contributed by atoms with Crippen molar-refractivity contribution in [1.82, 2.24) is 10.3 Å². The van der Waals surface area contributed by atoms with Gasteiger partial charge in [0.1, 0.15) is 6.04 Å². The van der Waals surface area contributed by atoms with Crippen LogP contribution in [0.3, 0.4) is 0 Å². The first-order valence-corrected chi connectivity index (χ1v) is 10.5. The van der Waals surface area contributed by atoms with Crippen molar-refractivity contribution >= 4 is 40.2 Å². The van der Waals surface area contributed by atoms with Gasteiger partial charge < -0.3 is 15.6 Å². The number of aromatic amines is 1. The summed E-state index contributed by atoms with van der Waals surface area (Å²) in [6, 6.07) is 15.0. The molecule has 1 atom stereocenters. The van der Waals surface area contributed by atoms with E-state index in [0.717, 1.165) is 27.0 Å². The van der Waals surface area contributed by atoms with Crippen LogP contribution in [0.4, 0.5) is 5.69 Å². The van der Waals surface area contributed by atoms with Gasteiger partial charge >= 0.3 is 0 Å². The minimum absolute atomic E-state index is 0.141. The topological polar surface area (TPSA) is 74.0 Å². The van der Waals surface area contributed by atoms with E-state index in [1.54, 1.807) is 11.8 Å². The number of amides is 2. The maximum absolute atomic E-state index is 13.0. The second kappa shape index (κ2) is 8.97. The van der Waals surface area contributed by atoms with E-state index in [4.69, 9.17) is 0 Å². The van der Waals surface area contributed by atoms with Crippen LogP contribution in [0.15, 0.2) is 59.6 Å². The van der Waals surface area contributed by atoms with Crippen LogP contribution in [-0.4, -0.2) is 29.1 Å². The van der Waals surface area contributed by atoms with Crippen LogP contribution in [0.25, 0.3) is 10.9 Å². The smallest absolute Gasteiger partial charge is 0.247 e. The maximum Gasteiger partial charge on any atom is 0.247 e. The van der Waals surface area contributed by atoms with Gasteiger partial charge in [-0.3, -0.25) is 9.59 Å². The minimum Gasteiger partial charge on any atom is -0.361 e. The molecule has 0 saturated carbocycles. The lowest BCUT2D eigenvalue weighted by Gasteiger charge is -2.20. The summed E-state index contributed by atoms with van der Waals surface area (Å²) in [7, 11) is 0. The molecule has 1 heterocycles. The number of carbonyl (C=O) groups is 2. The van der Waals surface area contributed by atoms with Crippen LogP contribution in [0, 0.1) is 5.92 Å². The summed E-state index contributed by atoms with van der Waals surface area (Å²) in [5, 5.41) is 6.90. The number of carbonyl (C=O) groups excluding carboxylic acids is 2. The Morgan fingerprint density at radius 1 is 1.07 bits per heavy atom. The number of thioether (sulfide) groups is 1. The normalized spacial score (nSPS) is 12.1. The summed E-state index contributed by atoms with van der Waals surface area (Å²) in [5.41, 5.74) is 2.73. The first-order chi connectivity index (χ1) is 13.5. The second-order valence-electron chi connectivity index (χ2n) is 7.00. The Balaban J connectivity index is 1.83. The zero-order valence-electron chi connectivity index (χ0n) is 16.3. The van der Waals surface area contributed by atoms with E-state index in [0.29, 0.717) is 6.42 Å². The molecule has 2 amide bonds. The van der Waals surface area contributed by atoms with Gasteiger partial charge in [0.05, 0.1) is 0 Å². The Bertz CT molecular complexity index is 981. The van der Waals surface area contributed by atoms with Crippen molar-refractivity contribution in [1.29, 1.82) is 0 Å². The average molecular weight is 396 g/mol. The maximum atomic E-state index is 13.0. The first-order valence-electron chi connectivity index (χ1n) is 9.28. The fourth-order valence-corrected chi connectivity index (χ4v) is 3.46. The van der Waals surface area contributed by atoms with Gasteiger partial charge in [-0.1, -0.05) is 38.1 Å². The number of benzene rings is 2. The van der Waals surface area contributed by atoms with Crippen molar-refractivity contribution in [3.05, 3.63) is 60.3 Å². The first kappa shape index (κ1) is 20.0. The van der Waals surface area contributed by atoms with Crippen LogP contribution in [-0.2, 0) is 16.0 Å². The third-order valence-corrected chi connectivity index (χ3v) is 5.32. The number of fused-ring (bicyclic) bond motifs is 1. The molecule has 0 fully saturated rings. The molecule has 3 aromatic rings. The molecule has 0 aliphatic rings. The third-order valence-electron chi connectivity index (χ3n) is 4.59. The molecule has 28 heavy (non-hydrogen) atoms. The predicted molar refractivity (Wildman–Crippen MR) is 116 cm³/mol. The molecule has 0 aliphatic heterocycles. The van der Waals surface area contributed by atoms with Crippen LogP contribution in [0.2, 0.25) is 0 Å². The monoisotopic (exact) mass is 395 g/mol. The minimum atomic E-state index is -0.660. The van der Waals surface area contributed by atoms with Crippen molar-refractivity contribution in [3.8, 4) is 0 Å². The summed E-state index contributed by atoms with van der Waals surface area (Å²) in [6.45, 7) is 3.63. The number of rotatable bonds is 7. The second-order valence-corrected chi connectivity index (χ2v) is 7.88. The van der Waals surface area contributed by atoms with Crippen molar-refractivity contribution in [2.24, 2.45) is 5.92 Å². The van der Waals surface area contributed by atoms with Gasteiger partial charge in [0.2, 0.25) is 11.8 Å². The summed E-state index contributed by atoms with van der Waals surface area (Å²) in [5.74, 6) is -0.562. The molecule has 3 N–H and O–H groups in total. The van der Waals surface area contributed by atoms with E-state index in [2.05, 4.69) is 15.6 Å². The highest BCUT2D eigenvalue weighted by Crippen LogP contribution is 2.21. The molecule has 2 aromatic carbocycles. The average Bonchev–Trinajstić information content (AvgIpc) is 3.10. The Morgan fingerprint density at radius 3 is 2.61 bits per heavy atom. The number of H-pyrrole nitrogens is 1. The van der Waals surface area contributed by atoms with Gasteiger partial charge in [0, 0.05) is 40.0 Å². The Hall–Kier alpha value is -2.73.